The molecule has 1 fully saturated rings. The summed E-state index contributed by atoms with van der Waals surface area (Å²) < 4.78 is 5.44. The molecule has 1 amide bonds. The minimum Gasteiger partial charge on any atom is -0.378 e. The number of morpholine rings is 1. The summed E-state index contributed by atoms with van der Waals surface area (Å²) in [6, 6.07) is 17.5. The summed E-state index contributed by atoms with van der Waals surface area (Å²) in [6.45, 7) is 3.13. The van der Waals surface area contributed by atoms with Crippen LogP contribution in [0.15, 0.2) is 67.0 Å². The van der Waals surface area contributed by atoms with Gasteiger partial charge in [-0.3, -0.25) is 4.79 Å². The largest absolute Gasteiger partial charge is 0.378 e. The van der Waals surface area contributed by atoms with E-state index in [-0.39, 0.29) is 5.91 Å². The molecule has 0 bridgehead atoms. The number of carbonyl (C=O) groups excluding carboxylic acids is 1. The molecule has 7 nitrogen and oxygen atoms in total. The van der Waals surface area contributed by atoms with Gasteiger partial charge in [0.05, 0.1) is 30.2 Å². The third-order valence-electron chi connectivity index (χ3n) is 4.85. The first-order valence-electron chi connectivity index (χ1n) is 9.56. The average molecular weight is 389 g/mol. The van der Waals surface area contributed by atoms with E-state index in [1.165, 1.54) is 0 Å². The molecule has 0 unspecified atom stereocenters. The van der Waals surface area contributed by atoms with E-state index in [2.05, 4.69) is 26.3 Å². The average Bonchev–Trinajstić information content (AvgIpc) is 2.80. The van der Waals surface area contributed by atoms with Crippen molar-refractivity contribution in [2.24, 2.45) is 0 Å². The quantitative estimate of drug-likeness (QED) is 0.722. The molecule has 1 aromatic heterocycles. The predicted octanol–water partition coefficient (Wildman–Crippen LogP) is 3.33. The second-order valence-electron chi connectivity index (χ2n) is 6.74. The first-order valence-corrected chi connectivity index (χ1v) is 9.56. The number of rotatable bonds is 5. The van der Waals surface area contributed by atoms with Gasteiger partial charge in [0.15, 0.2) is 0 Å². The molecule has 0 radical (unpaired) electrons. The van der Waals surface area contributed by atoms with Crippen LogP contribution in [-0.4, -0.2) is 49.2 Å². The van der Waals surface area contributed by atoms with Gasteiger partial charge in [-0.25, -0.2) is 9.97 Å². The highest BCUT2D eigenvalue weighted by Gasteiger charge is 2.16. The van der Waals surface area contributed by atoms with Gasteiger partial charge in [0, 0.05) is 38.2 Å². The zero-order valence-corrected chi connectivity index (χ0v) is 16.3. The molecule has 3 aromatic rings. The fraction of sp³-hybridized carbons (Fsp3) is 0.227. The number of hydrogen-bond donors (Lipinski definition) is 1. The minimum absolute atomic E-state index is 0.156. The maximum Gasteiger partial charge on any atom is 0.261 e. The van der Waals surface area contributed by atoms with E-state index >= 15 is 0 Å². The zero-order chi connectivity index (χ0) is 20.1. The molecule has 4 rings (SSSR count). The van der Waals surface area contributed by atoms with E-state index in [0.29, 0.717) is 11.5 Å². The maximum absolute atomic E-state index is 12.7. The van der Waals surface area contributed by atoms with Gasteiger partial charge in [-0.1, -0.05) is 30.3 Å². The van der Waals surface area contributed by atoms with Gasteiger partial charge in [-0.05, 0) is 24.3 Å². The van der Waals surface area contributed by atoms with Gasteiger partial charge in [0.25, 0.3) is 5.91 Å². The molecule has 2 aromatic carbocycles. The number of benzene rings is 2. The Labute approximate surface area is 170 Å². The Morgan fingerprint density at radius 2 is 1.66 bits per heavy atom. The van der Waals surface area contributed by atoms with Gasteiger partial charge in [0.1, 0.15) is 0 Å². The van der Waals surface area contributed by atoms with Crippen LogP contribution in [0.5, 0.6) is 0 Å². The van der Waals surface area contributed by atoms with Crippen molar-refractivity contribution in [2.45, 2.75) is 0 Å². The number of nitrogens with zero attached hydrogens (tertiary/aromatic N) is 4. The summed E-state index contributed by atoms with van der Waals surface area (Å²) in [6.07, 6.45) is 3.10. The highest BCUT2D eigenvalue weighted by atomic mass is 16.5. The Balaban J connectivity index is 1.48. The molecule has 1 aliphatic heterocycles. The van der Waals surface area contributed by atoms with Crippen LogP contribution >= 0.6 is 0 Å². The smallest absolute Gasteiger partial charge is 0.261 e. The van der Waals surface area contributed by atoms with Gasteiger partial charge in [0.2, 0.25) is 5.95 Å². The number of ether oxygens (including phenoxy) is 1. The minimum atomic E-state index is -0.156. The summed E-state index contributed by atoms with van der Waals surface area (Å²) in [4.78, 5) is 25.2. The van der Waals surface area contributed by atoms with E-state index in [4.69, 9.17) is 4.74 Å². The van der Waals surface area contributed by atoms with E-state index in [1.54, 1.807) is 24.3 Å². The van der Waals surface area contributed by atoms with Gasteiger partial charge in [-0.2, -0.15) is 0 Å². The number of para-hydroxylation sites is 3. The first kappa shape index (κ1) is 18.9. The zero-order valence-electron chi connectivity index (χ0n) is 16.3. The molecule has 7 heteroatoms. The fourth-order valence-electron chi connectivity index (χ4n) is 3.25. The number of aromatic nitrogens is 2. The number of hydrogen-bond acceptors (Lipinski definition) is 6. The standard InChI is InChI=1S/C22H23N5O2/c1-26(18-7-3-2-4-8-18)21(28)17-15-23-22(24-16-17)25-19-9-5-6-10-20(19)27-11-13-29-14-12-27/h2-10,15-16H,11-14H2,1H3,(H,23,24,25). The molecule has 0 atom stereocenters. The van der Waals surface area contributed by atoms with Crippen LogP contribution in [0.3, 0.4) is 0 Å². The number of anilines is 4. The normalized spacial score (nSPS) is 13.8. The lowest BCUT2D eigenvalue weighted by Crippen LogP contribution is -2.36. The molecule has 29 heavy (non-hydrogen) atoms. The molecule has 1 aliphatic rings. The van der Waals surface area contributed by atoms with Gasteiger partial charge in [-0.15, -0.1) is 0 Å². The van der Waals surface area contributed by atoms with Crippen molar-refractivity contribution in [1.29, 1.82) is 0 Å². The molecular formula is C22H23N5O2. The van der Waals surface area contributed by atoms with Crippen LogP contribution in [0.2, 0.25) is 0 Å². The topological polar surface area (TPSA) is 70.6 Å². The second-order valence-corrected chi connectivity index (χ2v) is 6.74. The third-order valence-corrected chi connectivity index (χ3v) is 4.85. The van der Waals surface area contributed by atoms with Crippen molar-refractivity contribution in [3.8, 4) is 0 Å². The number of carbonyl (C=O) groups is 1. The summed E-state index contributed by atoms with van der Waals surface area (Å²) >= 11 is 0. The Morgan fingerprint density at radius 1 is 1.00 bits per heavy atom. The van der Waals surface area contributed by atoms with E-state index < -0.39 is 0 Å². The van der Waals surface area contributed by atoms with E-state index in [1.807, 2.05) is 48.5 Å². The van der Waals surface area contributed by atoms with Crippen LogP contribution in [0.1, 0.15) is 10.4 Å². The molecule has 0 spiro atoms. The molecular weight excluding hydrogens is 366 g/mol. The lowest BCUT2D eigenvalue weighted by molar-refractivity contribution is 0.0992. The molecule has 2 heterocycles. The molecule has 1 N–H and O–H groups in total. The highest BCUT2D eigenvalue weighted by molar-refractivity contribution is 6.05. The molecule has 1 saturated heterocycles. The van der Waals surface area contributed by atoms with Crippen LogP contribution in [-0.2, 0) is 4.74 Å². The first-order chi connectivity index (χ1) is 14.2. The van der Waals surface area contributed by atoms with Crippen molar-refractivity contribution in [3.63, 3.8) is 0 Å². The maximum atomic E-state index is 12.7. The molecule has 0 saturated carbocycles. The lowest BCUT2D eigenvalue weighted by Gasteiger charge is -2.30. The van der Waals surface area contributed by atoms with Gasteiger partial charge >= 0.3 is 0 Å². The SMILES string of the molecule is CN(C(=O)c1cnc(Nc2ccccc2N2CCOCC2)nc1)c1ccccc1. The Hall–Kier alpha value is -3.45. The monoisotopic (exact) mass is 389 g/mol. The van der Waals surface area contributed by atoms with Crippen LogP contribution in [0, 0.1) is 0 Å². The van der Waals surface area contributed by atoms with Crippen molar-refractivity contribution in [2.75, 3.05) is 48.5 Å². The number of amides is 1. The summed E-state index contributed by atoms with van der Waals surface area (Å²) in [5, 5.41) is 3.27. The Bertz CT molecular complexity index is 956. The van der Waals surface area contributed by atoms with E-state index in [9.17, 15) is 4.79 Å². The Kier molecular flexibility index (Phi) is 5.67. The fourth-order valence-corrected chi connectivity index (χ4v) is 3.25. The number of nitrogens with one attached hydrogen (secondary N) is 1. The van der Waals surface area contributed by atoms with Crippen molar-refractivity contribution in [3.05, 3.63) is 72.6 Å². The van der Waals surface area contributed by atoms with Crippen molar-refractivity contribution < 1.29 is 9.53 Å². The summed E-state index contributed by atoms with van der Waals surface area (Å²) in [5.74, 6) is 0.293. The predicted molar refractivity (Wildman–Crippen MR) is 114 cm³/mol. The van der Waals surface area contributed by atoms with Crippen LogP contribution in [0.25, 0.3) is 0 Å². The lowest BCUT2D eigenvalue weighted by atomic mass is 10.2. The summed E-state index contributed by atoms with van der Waals surface area (Å²) in [5.41, 5.74) is 3.26. The van der Waals surface area contributed by atoms with Gasteiger partial charge < -0.3 is 19.9 Å². The van der Waals surface area contributed by atoms with Crippen molar-refractivity contribution in [1.82, 2.24) is 9.97 Å². The van der Waals surface area contributed by atoms with Crippen LogP contribution < -0.4 is 15.1 Å². The summed E-state index contributed by atoms with van der Waals surface area (Å²) in [7, 11) is 1.74. The van der Waals surface area contributed by atoms with Crippen LogP contribution in [0.4, 0.5) is 23.0 Å². The molecule has 148 valence electrons. The second kappa shape index (κ2) is 8.70. The molecule has 0 aliphatic carbocycles. The van der Waals surface area contributed by atoms with Crippen molar-refractivity contribution >= 4 is 28.9 Å². The highest BCUT2D eigenvalue weighted by Crippen LogP contribution is 2.28. The third kappa shape index (κ3) is 4.35. The Morgan fingerprint density at radius 3 is 2.38 bits per heavy atom. The van der Waals surface area contributed by atoms with E-state index in [0.717, 1.165) is 43.4 Å².